The Hall–Kier alpha value is -1.92. The molecule has 1 aromatic carbocycles. The van der Waals surface area contributed by atoms with Crippen LogP contribution >= 0.6 is 0 Å². The molecule has 0 saturated carbocycles. The van der Waals surface area contributed by atoms with Crippen molar-refractivity contribution in [2.24, 2.45) is 0 Å². The first-order chi connectivity index (χ1) is 10.5. The molecule has 1 aliphatic heterocycles. The third-order valence-electron chi connectivity index (χ3n) is 3.79. The van der Waals surface area contributed by atoms with Gasteiger partial charge in [0.1, 0.15) is 12.6 Å². The van der Waals surface area contributed by atoms with Crippen LogP contribution in [-0.4, -0.2) is 57.1 Å². The van der Waals surface area contributed by atoms with Gasteiger partial charge in [0.05, 0.1) is 17.7 Å². The number of carbonyl (C=O) groups is 1. The van der Waals surface area contributed by atoms with Crippen molar-refractivity contribution in [1.82, 2.24) is 14.7 Å². The topological polar surface area (TPSA) is 67.6 Å². The van der Waals surface area contributed by atoms with E-state index in [2.05, 4.69) is 5.10 Å². The van der Waals surface area contributed by atoms with Crippen molar-refractivity contribution in [2.75, 3.05) is 13.1 Å². The van der Waals surface area contributed by atoms with Gasteiger partial charge in [-0.3, -0.25) is 9.48 Å². The number of likely N-dealkylation sites (tertiary alicyclic amines) is 1. The summed E-state index contributed by atoms with van der Waals surface area (Å²) in [6.45, 7) is 4.77. The summed E-state index contributed by atoms with van der Waals surface area (Å²) in [5.41, 5.74) is 0.873. The first-order valence-corrected chi connectivity index (χ1v) is 7.56. The lowest BCUT2D eigenvalue weighted by atomic mass is 10.2. The number of ether oxygens (including phenoxy) is 1. The second-order valence-electron chi connectivity index (χ2n) is 5.97. The Morgan fingerprint density at radius 1 is 1.41 bits per heavy atom. The number of aliphatic hydroxyl groups excluding tert-OH is 1. The second-order valence-corrected chi connectivity index (χ2v) is 5.97. The van der Waals surface area contributed by atoms with Gasteiger partial charge in [-0.2, -0.15) is 5.10 Å². The molecule has 1 aliphatic rings. The van der Waals surface area contributed by atoms with Crippen LogP contribution in [0.1, 0.15) is 13.8 Å². The lowest BCUT2D eigenvalue weighted by Gasteiger charge is -2.18. The van der Waals surface area contributed by atoms with Crippen LogP contribution in [0.2, 0.25) is 0 Å². The van der Waals surface area contributed by atoms with Gasteiger partial charge in [0.2, 0.25) is 5.91 Å². The zero-order chi connectivity index (χ0) is 15.7. The smallest absolute Gasteiger partial charge is 0.244 e. The molecular formula is C16H21N3O3. The minimum Gasteiger partial charge on any atom is -0.388 e. The number of hydrogen-bond donors (Lipinski definition) is 1. The molecular weight excluding hydrogens is 282 g/mol. The Kier molecular flexibility index (Phi) is 4.13. The lowest BCUT2D eigenvalue weighted by molar-refractivity contribution is -0.131. The molecule has 0 radical (unpaired) electrons. The molecule has 1 fully saturated rings. The summed E-state index contributed by atoms with van der Waals surface area (Å²) in [4.78, 5) is 14.0. The molecule has 0 aliphatic carbocycles. The zero-order valence-electron chi connectivity index (χ0n) is 12.8. The number of aromatic nitrogens is 2. The van der Waals surface area contributed by atoms with E-state index in [0.717, 1.165) is 10.9 Å². The average molecular weight is 303 g/mol. The van der Waals surface area contributed by atoms with E-state index in [1.807, 2.05) is 44.3 Å². The normalized spacial score (nSPS) is 21.9. The molecule has 2 heterocycles. The third-order valence-corrected chi connectivity index (χ3v) is 3.79. The molecule has 22 heavy (non-hydrogen) atoms. The molecule has 6 nitrogen and oxygen atoms in total. The van der Waals surface area contributed by atoms with Gasteiger partial charge in [-0.05, 0) is 19.9 Å². The summed E-state index contributed by atoms with van der Waals surface area (Å²) in [5.74, 6) is -0.0540. The molecule has 118 valence electrons. The van der Waals surface area contributed by atoms with Gasteiger partial charge in [0, 0.05) is 24.7 Å². The van der Waals surface area contributed by atoms with E-state index in [9.17, 15) is 9.90 Å². The number of nitrogens with zero attached hydrogens (tertiary/aromatic N) is 3. The number of hydrogen-bond acceptors (Lipinski definition) is 4. The second kappa shape index (κ2) is 6.06. The number of aliphatic hydroxyl groups is 1. The van der Waals surface area contributed by atoms with E-state index < -0.39 is 6.10 Å². The van der Waals surface area contributed by atoms with Crippen molar-refractivity contribution in [3.63, 3.8) is 0 Å². The quantitative estimate of drug-likeness (QED) is 0.916. The Balaban J connectivity index is 1.64. The van der Waals surface area contributed by atoms with Crippen LogP contribution in [0.5, 0.6) is 0 Å². The zero-order valence-corrected chi connectivity index (χ0v) is 12.8. The molecule has 2 atom stereocenters. The van der Waals surface area contributed by atoms with Gasteiger partial charge in [-0.15, -0.1) is 0 Å². The average Bonchev–Trinajstić information content (AvgIpc) is 3.02. The van der Waals surface area contributed by atoms with Gasteiger partial charge >= 0.3 is 0 Å². The Morgan fingerprint density at radius 3 is 2.91 bits per heavy atom. The Morgan fingerprint density at radius 2 is 2.18 bits per heavy atom. The number of fused-ring (bicyclic) bond motifs is 1. The van der Waals surface area contributed by atoms with Crippen molar-refractivity contribution in [3.05, 3.63) is 30.5 Å². The maximum Gasteiger partial charge on any atom is 0.244 e. The van der Waals surface area contributed by atoms with Crippen LogP contribution in [0.15, 0.2) is 30.5 Å². The number of rotatable bonds is 4. The van der Waals surface area contributed by atoms with Crippen LogP contribution < -0.4 is 0 Å². The van der Waals surface area contributed by atoms with E-state index in [-0.39, 0.29) is 24.7 Å². The Bertz CT molecular complexity index is 634. The maximum absolute atomic E-state index is 12.4. The molecule has 1 N–H and O–H groups in total. The predicted molar refractivity (Wildman–Crippen MR) is 82.3 cm³/mol. The summed E-state index contributed by atoms with van der Waals surface area (Å²) >= 11 is 0. The highest BCUT2D eigenvalue weighted by Crippen LogP contribution is 2.16. The van der Waals surface area contributed by atoms with Crippen LogP contribution in [0.3, 0.4) is 0 Å². The van der Waals surface area contributed by atoms with E-state index >= 15 is 0 Å². The molecule has 1 aromatic heterocycles. The maximum atomic E-state index is 12.4. The first-order valence-electron chi connectivity index (χ1n) is 7.56. The molecule has 6 heteroatoms. The molecule has 0 spiro atoms. The van der Waals surface area contributed by atoms with Crippen molar-refractivity contribution in [1.29, 1.82) is 0 Å². The standard InChI is InChI=1S/C16H21N3O3/c1-11(2)22-15-9-18(8-14(15)20)16(21)10-19-7-12-5-3-4-6-13(12)17-19/h3-7,11,14-15,20H,8-10H2,1-2H3/t14-,15-/m0/s1. The van der Waals surface area contributed by atoms with Crippen LogP contribution in [-0.2, 0) is 16.1 Å². The highest BCUT2D eigenvalue weighted by Gasteiger charge is 2.35. The number of benzene rings is 1. The third kappa shape index (κ3) is 3.13. The van der Waals surface area contributed by atoms with Crippen LogP contribution in [0.25, 0.3) is 10.9 Å². The van der Waals surface area contributed by atoms with Crippen molar-refractivity contribution in [2.45, 2.75) is 38.7 Å². The first kappa shape index (κ1) is 15.0. The summed E-state index contributed by atoms with van der Waals surface area (Å²) in [5, 5.41) is 15.4. The molecule has 0 bridgehead atoms. The molecule has 3 rings (SSSR count). The van der Waals surface area contributed by atoms with Crippen LogP contribution in [0.4, 0.5) is 0 Å². The van der Waals surface area contributed by atoms with Crippen molar-refractivity contribution >= 4 is 16.8 Å². The predicted octanol–water partition coefficient (Wildman–Crippen LogP) is 1.03. The summed E-state index contributed by atoms with van der Waals surface area (Å²) < 4.78 is 7.28. The van der Waals surface area contributed by atoms with E-state index in [4.69, 9.17) is 4.74 Å². The van der Waals surface area contributed by atoms with Gasteiger partial charge in [-0.1, -0.05) is 18.2 Å². The van der Waals surface area contributed by atoms with Gasteiger partial charge in [0.15, 0.2) is 0 Å². The van der Waals surface area contributed by atoms with Crippen LogP contribution in [0, 0.1) is 0 Å². The fraction of sp³-hybridized carbons (Fsp3) is 0.500. The fourth-order valence-corrected chi connectivity index (χ4v) is 2.78. The fourth-order valence-electron chi connectivity index (χ4n) is 2.78. The van der Waals surface area contributed by atoms with Gasteiger partial charge < -0.3 is 14.7 Å². The van der Waals surface area contributed by atoms with Gasteiger partial charge in [-0.25, -0.2) is 0 Å². The molecule has 2 aromatic rings. The SMILES string of the molecule is CC(C)O[C@H]1CN(C(=O)Cn2cc3ccccc3n2)C[C@@H]1O. The number of amides is 1. The largest absolute Gasteiger partial charge is 0.388 e. The highest BCUT2D eigenvalue weighted by atomic mass is 16.5. The minimum absolute atomic E-state index is 0.0334. The van der Waals surface area contributed by atoms with Crippen molar-refractivity contribution in [3.8, 4) is 0 Å². The van der Waals surface area contributed by atoms with Crippen molar-refractivity contribution < 1.29 is 14.6 Å². The highest BCUT2D eigenvalue weighted by molar-refractivity contribution is 5.80. The van der Waals surface area contributed by atoms with E-state index in [1.54, 1.807) is 9.58 Å². The van der Waals surface area contributed by atoms with E-state index in [1.165, 1.54) is 0 Å². The van der Waals surface area contributed by atoms with E-state index in [0.29, 0.717) is 13.1 Å². The Labute approximate surface area is 129 Å². The van der Waals surface area contributed by atoms with Gasteiger partial charge in [0.25, 0.3) is 0 Å². The molecule has 0 unspecified atom stereocenters. The number of carbonyl (C=O) groups excluding carboxylic acids is 1. The molecule has 1 amide bonds. The summed E-state index contributed by atoms with van der Waals surface area (Å²) in [6, 6.07) is 7.75. The number of β-amino-alcohol motifs (C(OH)–C–C–N with tert-alkyl or cyclic N) is 1. The summed E-state index contributed by atoms with van der Waals surface area (Å²) in [6.07, 6.45) is 0.969. The molecule has 1 saturated heterocycles. The minimum atomic E-state index is -0.622. The monoisotopic (exact) mass is 303 g/mol. The lowest BCUT2D eigenvalue weighted by Crippen LogP contribution is -2.33. The summed E-state index contributed by atoms with van der Waals surface area (Å²) in [7, 11) is 0.